The summed E-state index contributed by atoms with van der Waals surface area (Å²) in [6.45, 7) is 0.303. The van der Waals surface area contributed by atoms with Gasteiger partial charge in [0.05, 0.1) is 9.37 Å². The van der Waals surface area contributed by atoms with Crippen LogP contribution in [0.2, 0.25) is 0 Å². The fourth-order valence-electron chi connectivity index (χ4n) is 1.22. The Morgan fingerprint density at radius 1 is 1.39 bits per heavy atom. The van der Waals surface area contributed by atoms with Crippen LogP contribution in [0.4, 0.5) is 4.39 Å². The molecule has 1 aromatic carbocycles. The normalized spacial score (nSPS) is 10.9. The first-order chi connectivity index (χ1) is 8.65. The van der Waals surface area contributed by atoms with Crippen molar-refractivity contribution in [3.8, 4) is 0 Å². The van der Waals surface area contributed by atoms with Gasteiger partial charge in [-0.3, -0.25) is 0 Å². The predicted molar refractivity (Wildman–Crippen MR) is 77.8 cm³/mol. The second-order valence-corrected chi connectivity index (χ2v) is 7.31. The van der Waals surface area contributed by atoms with E-state index in [2.05, 4.69) is 26.1 Å². The maximum absolute atomic E-state index is 14.1. The van der Waals surface area contributed by atoms with Gasteiger partial charge < -0.3 is 5.73 Å². The van der Waals surface area contributed by atoms with E-state index in [9.17, 15) is 4.39 Å². The van der Waals surface area contributed by atoms with Crippen LogP contribution in [0.25, 0.3) is 0 Å². The zero-order chi connectivity index (χ0) is 13.1. The predicted octanol–water partition coefficient (Wildman–Crippen LogP) is 3.77. The Balaban J connectivity index is 2.26. The highest BCUT2D eigenvalue weighted by Crippen LogP contribution is 2.36. The number of halogens is 2. The largest absolute Gasteiger partial charge is 0.326 e. The molecule has 0 aliphatic rings. The summed E-state index contributed by atoms with van der Waals surface area (Å²) in [6.07, 6.45) is 1.93. The highest BCUT2D eigenvalue weighted by atomic mass is 79.9. The van der Waals surface area contributed by atoms with E-state index in [1.807, 2.05) is 12.3 Å². The summed E-state index contributed by atoms with van der Waals surface area (Å²) in [5.74, 6) is -0.302. The molecule has 0 bridgehead atoms. The van der Waals surface area contributed by atoms with Gasteiger partial charge in [0, 0.05) is 6.54 Å². The van der Waals surface area contributed by atoms with E-state index in [-0.39, 0.29) is 5.82 Å². The van der Waals surface area contributed by atoms with Crippen molar-refractivity contribution in [1.29, 1.82) is 0 Å². The number of hydrogen-bond donors (Lipinski definition) is 1. The van der Waals surface area contributed by atoms with Crippen molar-refractivity contribution < 1.29 is 4.39 Å². The van der Waals surface area contributed by atoms with Crippen molar-refractivity contribution >= 4 is 50.8 Å². The van der Waals surface area contributed by atoms with Crippen LogP contribution >= 0.6 is 50.8 Å². The van der Waals surface area contributed by atoms with Crippen molar-refractivity contribution in [2.24, 2.45) is 5.73 Å². The van der Waals surface area contributed by atoms with Gasteiger partial charge in [0.25, 0.3) is 0 Å². The Hall–Kier alpha value is -0.150. The zero-order valence-electron chi connectivity index (χ0n) is 9.31. The van der Waals surface area contributed by atoms with Gasteiger partial charge in [-0.25, -0.2) is 4.39 Å². The van der Waals surface area contributed by atoms with Crippen LogP contribution in [0.5, 0.6) is 0 Å². The highest BCUT2D eigenvalue weighted by molar-refractivity contribution is 9.10. The highest BCUT2D eigenvalue weighted by Gasteiger charge is 2.13. The lowest BCUT2D eigenvalue weighted by Crippen LogP contribution is -1.99. The van der Waals surface area contributed by atoms with E-state index >= 15 is 0 Å². The molecule has 0 radical (unpaired) electrons. The van der Waals surface area contributed by atoms with Gasteiger partial charge in [-0.2, -0.15) is 0 Å². The Bertz CT molecular complexity index is 561. The van der Waals surface area contributed by atoms with Gasteiger partial charge in [0.15, 0.2) is 14.5 Å². The molecule has 2 N–H and O–H groups in total. The lowest BCUT2D eigenvalue weighted by atomic mass is 10.2. The fourth-order valence-corrected chi connectivity index (χ4v) is 4.30. The van der Waals surface area contributed by atoms with Gasteiger partial charge in [0.2, 0.25) is 0 Å². The molecule has 0 saturated carbocycles. The minimum absolute atomic E-state index is 0.302. The molecule has 0 spiro atoms. The summed E-state index contributed by atoms with van der Waals surface area (Å²) in [7, 11) is 0. The third kappa shape index (κ3) is 3.05. The number of hydrogen-bond acceptors (Lipinski definition) is 6. The third-order valence-electron chi connectivity index (χ3n) is 2.11. The summed E-state index contributed by atoms with van der Waals surface area (Å²) >= 11 is 7.46. The summed E-state index contributed by atoms with van der Waals surface area (Å²) in [5, 5.41) is 7.97. The molecule has 2 aromatic rings. The Morgan fingerprint density at radius 3 is 2.72 bits per heavy atom. The average molecular weight is 366 g/mol. The topological polar surface area (TPSA) is 51.8 Å². The fraction of sp³-hybridized carbons (Fsp3) is 0.200. The van der Waals surface area contributed by atoms with Crippen LogP contribution in [0, 0.1) is 5.82 Å². The maximum Gasteiger partial charge on any atom is 0.179 e. The molecule has 96 valence electrons. The summed E-state index contributed by atoms with van der Waals surface area (Å²) in [5.41, 5.74) is 6.27. The second-order valence-electron chi connectivity index (χ2n) is 3.19. The molecule has 3 nitrogen and oxygen atoms in total. The molecule has 0 saturated heterocycles. The molecule has 0 unspecified atom stereocenters. The standard InChI is InChI=1S/C10H9BrFN3S3/c1-16-9-14-15-10(18-9)17-6-3-2-5(4-13)7(11)8(6)12/h2-3H,4,13H2,1H3. The van der Waals surface area contributed by atoms with Crippen LogP contribution in [-0.2, 0) is 6.54 Å². The molecule has 2 rings (SSSR count). The van der Waals surface area contributed by atoms with Crippen LogP contribution in [0.1, 0.15) is 5.56 Å². The van der Waals surface area contributed by atoms with Crippen molar-refractivity contribution in [3.63, 3.8) is 0 Å². The van der Waals surface area contributed by atoms with Crippen molar-refractivity contribution in [2.45, 2.75) is 20.1 Å². The minimum Gasteiger partial charge on any atom is -0.326 e. The van der Waals surface area contributed by atoms with E-state index in [1.165, 1.54) is 34.9 Å². The third-order valence-corrected chi connectivity index (χ3v) is 5.95. The van der Waals surface area contributed by atoms with E-state index in [4.69, 9.17) is 5.73 Å². The number of nitrogens with two attached hydrogens (primary N) is 1. The monoisotopic (exact) mass is 365 g/mol. The van der Waals surface area contributed by atoms with E-state index < -0.39 is 0 Å². The molecule has 1 aromatic heterocycles. The maximum atomic E-state index is 14.1. The number of rotatable bonds is 4. The number of thioether (sulfide) groups is 1. The summed E-state index contributed by atoms with van der Waals surface area (Å²) < 4.78 is 16.1. The first kappa shape index (κ1) is 14.3. The van der Waals surface area contributed by atoms with Crippen molar-refractivity contribution in [1.82, 2.24) is 10.2 Å². The van der Waals surface area contributed by atoms with E-state index in [0.717, 1.165) is 14.2 Å². The Morgan fingerprint density at radius 2 is 2.11 bits per heavy atom. The summed E-state index contributed by atoms with van der Waals surface area (Å²) in [6, 6.07) is 3.53. The van der Waals surface area contributed by atoms with Gasteiger partial charge >= 0.3 is 0 Å². The lowest BCUT2D eigenvalue weighted by molar-refractivity contribution is 0.592. The summed E-state index contributed by atoms with van der Waals surface area (Å²) in [4.78, 5) is 0.517. The second kappa shape index (κ2) is 6.33. The first-order valence-corrected chi connectivity index (χ1v) is 8.53. The average Bonchev–Trinajstić information content (AvgIpc) is 2.83. The molecule has 0 fully saturated rings. The SMILES string of the molecule is CSc1nnc(Sc2ccc(CN)c(Br)c2F)s1. The van der Waals surface area contributed by atoms with Gasteiger partial charge in [-0.05, 0) is 33.8 Å². The van der Waals surface area contributed by atoms with E-state index in [0.29, 0.717) is 15.9 Å². The number of aromatic nitrogens is 2. The molecule has 0 aliphatic carbocycles. The first-order valence-electron chi connectivity index (χ1n) is 4.88. The van der Waals surface area contributed by atoms with Crippen LogP contribution in [0.15, 0.2) is 30.2 Å². The van der Waals surface area contributed by atoms with Crippen molar-refractivity contribution in [2.75, 3.05) is 6.26 Å². The van der Waals surface area contributed by atoms with Gasteiger partial charge in [-0.1, -0.05) is 40.9 Å². The molecule has 8 heteroatoms. The lowest BCUT2D eigenvalue weighted by Gasteiger charge is -2.06. The number of nitrogens with zero attached hydrogens (tertiary/aromatic N) is 2. The van der Waals surface area contributed by atoms with Gasteiger partial charge in [-0.15, -0.1) is 10.2 Å². The minimum atomic E-state index is -0.302. The smallest absolute Gasteiger partial charge is 0.179 e. The molecule has 18 heavy (non-hydrogen) atoms. The Labute approximate surface area is 125 Å². The van der Waals surface area contributed by atoms with E-state index in [1.54, 1.807) is 6.07 Å². The Kier molecular flexibility index (Phi) is 5.02. The quantitative estimate of drug-likeness (QED) is 0.835. The van der Waals surface area contributed by atoms with Crippen LogP contribution in [-0.4, -0.2) is 16.5 Å². The molecule has 1 heterocycles. The molecule has 0 atom stereocenters. The molecule has 0 amide bonds. The molecular weight excluding hydrogens is 357 g/mol. The number of benzene rings is 1. The van der Waals surface area contributed by atoms with Crippen LogP contribution in [0.3, 0.4) is 0 Å². The molecule has 0 aliphatic heterocycles. The van der Waals surface area contributed by atoms with Gasteiger partial charge in [0.1, 0.15) is 0 Å². The van der Waals surface area contributed by atoms with Crippen molar-refractivity contribution in [3.05, 3.63) is 28.0 Å². The zero-order valence-corrected chi connectivity index (χ0v) is 13.3. The molecular formula is C10H9BrFN3S3. The van der Waals surface area contributed by atoms with Crippen LogP contribution < -0.4 is 5.73 Å².